The number of halogens is 1. The zero-order valence-corrected chi connectivity index (χ0v) is 11.4. The Morgan fingerprint density at radius 2 is 2.19 bits per heavy atom. The minimum atomic E-state index is 0.576. The molecular weight excluding hydrogens is 260 g/mol. The van der Waals surface area contributed by atoms with E-state index in [0.29, 0.717) is 6.04 Å². The van der Waals surface area contributed by atoms with E-state index in [2.05, 4.69) is 10.6 Å². The first-order chi connectivity index (χ1) is 7.74. The van der Waals surface area contributed by atoms with Gasteiger partial charge in [-0.15, -0.1) is 11.3 Å². The molecule has 0 atom stereocenters. The van der Waals surface area contributed by atoms with Crippen LogP contribution in [0.5, 0.6) is 0 Å². The van der Waals surface area contributed by atoms with Crippen molar-refractivity contribution in [3.63, 3.8) is 0 Å². The molecule has 0 aromatic carbocycles. The van der Waals surface area contributed by atoms with Gasteiger partial charge in [0, 0.05) is 10.9 Å². The van der Waals surface area contributed by atoms with Crippen molar-refractivity contribution in [2.24, 2.45) is 0 Å². The molecule has 1 aromatic heterocycles. The molecule has 0 aliphatic heterocycles. The van der Waals surface area contributed by atoms with Crippen molar-refractivity contribution in [3.05, 3.63) is 21.3 Å². The molecule has 1 aliphatic carbocycles. The van der Waals surface area contributed by atoms with Crippen LogP contribution >= 0.6 is 35.2 Å². The first-order valence-electron chi connectivity index (χ1n) is 5.52. The van der Waals surface area contributed by atoms with Gasteiger partial charge in [-0.05, 0) is 37.2 Å². The highest BCUT2D eigenvalue weighted by molar-refractivity contribution is 7.80. The van der Waals surface area contributed by atoms with Crippen molar-refractivity contribution in [1.29, 1.82) is 0 Å². The number of hydrogen-bond acceptors (Lipinski definition) is 2. The molecule has 1 saturated carbocycles. The van der Waals surface area contributed by atoms with Gasteiger partial charge in [0.1, 0.15) is 0 Å². The lowest BCUT2D eigenvalue weighted by atomic mass is 10.3. The van der Waals surface area contributed by atoms with Gasteiger partial charge in [0.25, 0.3) is 0 Å². The van der Waals surface area contributed by atoms with Gasteiger partial charge in [-0.25, -0.2) is 0 Å². The minimum Gasteiger partial charge on any atom is -0.360 e. The van der Waals surface area contributed by atoms with E-state index < -0.39 is 0 Å². The third-order valence-corrected chi connectivity index (χ3v) is 4.24. The average molecular weight is 275 g/mol. The normalized spacial score (nSPS) is 16.3. The predicted molar refractivity (Wildman–Crippen MR) is 74.2 cm³/mol. The Morgan fingerprint density at radius 1 is 1.44 bits per heavy atom. The van der Waals surface area contributed by atoms with Crippen molar-refractivity contribution in [1.82, 2.24) is 10.6 Å². The maximum atomic E-state index is 5.86. The largest absolute Gasteiger partial charge is 0.360 e. The molecule has 0 spiro atoms. The molecule has 0 unspecified atom stereocenters. The molecule has 88 valence electrons. The smallest absolute Gasteiger partial charge is 0.166 e. The fourth-order valence-electron chi connectivity index (χ4n) is 1.92. The SMILES string of the molecule is S=C(NCc1ccc(Cl)s1)NC1CCCC1. The summed E-state index contributed by atoms with van der Waals surface area (Å²) in [6, 6.07) is 4.52. The standard InChI is InChI=1S/C11H15ClN2S2/c12-10-6-5-9(16-10)7-13-11(15)14-8-3-1-2-4-8/h5-6,8H,1-4,7H2,(H2,13,14,15). The van der Waals surface area contributed by atoms with Crippen LogP contribution in [-0.4, -0.2) is 11.2 Å². The van der Waals surface area contributed by atoms with Gasteiger partial charge in [0.15, 0.2) is 5.11 Å². The number of rotatable bonds is 3. The van der Waals surface area contributed by atoms with Crippen LogP contribution in [0, 0.1) is 0 Å². The third kappa shape index (κ3) is 3.61. The van der Waals surface area contributed by atoms with E-state index in [1.165, 1.54) is 30.6 Å². The van der Waals surface area contributed by atoms with Crippen LogP contribution in [0.1, 0.15) is 30.6 Å². The average Bonchev–Trinajstić information content (AvgIpc) is 2.87. The van der Waals surface area contributed by atoms with Crippen LogP contribution < -0.4 is 10.6 Å². The van der Waals surface area contributed by atoms with E-state index in [4.69, 9.17) is 23.8 Å². The van der Waals surface area contributed by atoms with Crippen LogP contribution in [0.4, 0.5) is 0 Å². The molecule has 1 fully saturated rings. The molecule has 16 heavy (non-hydrogen) atoms. The second kappa shape index (κ2) is 5.84. The van der Waals surface area contributed by atoms with Crippen LogP contribution in [-0.2, 0) is 6.54 Å². The molecule has 0 amide bonds. The van der Waals surface area contributed by atoms with Crippen LogP contribution in [0.2, 0.25) is 4.34 Å². The molecule has 2 rings (SSSR count). The molecule has 2 N–H and O–H groups in total. The molecule has 1 aromatic rings. The van der Waals surface area contributed by atoms with Gasteiger partial charge < -0.3 is 10.6 Å². The minimum absolute atomic E-state index is 0.576. The highest BCUT2D eigenvalue weighted by atomic mass is 35.5. The lowest BCUT2D eigenvalue weighted by Crippen LogP contribution is -2.40. The highest BCUT2D eigenvalue weighted by Crippen LogP contribution is 2.21. The molecule has 0 radical (unpaired) electrons. The maximum Gasteiger partial charge on any atom is 0.166 e. The van der Waals surface area contributed by atoms with E-state index in [-0.39, 0.29) is 0 Å². The fourth-order valence-corrected chi connectivity index (χ4v) is 3.19. The number of hydrogen-bond donors (Lipinski definition) is 2. The van der Waals surface area contributed by atoms with Gasteiger partial charge in [0.2, 0.25) is 0 Å². The first-order valence-corrected chi connectivity index (χ1v) is 7.13. The fraction of sp³-hybridized carbons (Fsp3) is 0.545. The molecule has 0 bridgehead atoms. The monoisotopic (exact) mass is 274 g/mol. The van der Waals surface area contributed by atoms with Gasteiger partial charge in [-0.2, -0.15) is 0 Å². The Bertz CT molecular complexity index is 359. The summed E-state index contributed by atoms with van der Waals surface area (Å²) < 4.78 is 0.825. The lowest BCUT2D eigenvalue weighted by molar-refractivity contribution is 0.621. The van der Waals surface area contributed by atoms with Crippen LogP contribution in [0.3, 0.4) is 0 Å². The zero-order valence-electron chi connectivity index (χ0n) is 8.96. The number of thiocarbonyl (C=S) groups is 1. The van der Waals surface area contributed by atoms with Gasteiger partial charge >= 0.3 is 0 Å². The van der Waals surface area contributed by atoms with Crippen molar-refractivity contribution in [3.8, 4) is 0 Å². The van der Waals surface area contributed by atoms with E-state index in [0.717, 1.165) is 16.0 Å². The maximum absolute atomic E-state index is 5.86. The Labute approximate surface area is 110 Å². The highest BCUT2D eigenvalue weighted by Gasteiger charge is 2.15. The Kier molecular flexibility index (Phi) is 4.44. The van der Waals surface area contributed by atoms with Crippen molar-refractivity contribution < 1.29 is 0 Å². The Hall–Kier alpha value is -0.320. The van der Waals surface area contributed by atoms with E-state index in [1.54, 1.807) is 11.3 Å². The van der Waals surface area contributed by atoms with Gasteiger partial charge in [-0.1, -0.05) is 24.4 Å². The van der Waals surface area contributed by atoms with Crippen molar-refractivity contribution in [2.45, 2.75) is 38.3 Å². The molecule has 0 saturated heterocycles. The van der Waals surface area contributed by atoms with E-state index >= 15 is 0 Å². The summed E-state index contributed by atoms with van der Waals surface area (Å²) >= 11 is 12.7. The summed E-state index contributed by atoms with van der Waals surface area (Å²) in [6.45, 7) is 0.760. The predicted octanol–water partition coefficient (Wildman–Crippen LogP) is 3.31. The van der Waals surface area contributed by atoms with E-state index in [9.17, 15) is 0 Å². The molecular formula is C11H15ClN2S2. The van der Waals surface area contributed by atoms with Crippen LogP contribution in [0.15, 0.2) is 12.1 Å². The zero-order chi connectivity index (χ0) is 11.4. The van der Waals surface area contributed by atoms with Crippen molar-refractivity contribution in [2.75, 3.05) is 0 Å². The summed E-state index contributed by atoms with van der Waals surface area (Å²) in [5.41, 5.74) is 0. The number of nitrogens with one attached hydrogen (secondary N) is 2. The topological polar surface area (TPSA) is 24.1 Å². The van der Waals surface area contributed by atoms with E-state index in [1.807, 2.05) is 12.1 Å². The quantitative estimate of drug-likeness (QED) is 0.827. The Balaban J connectivity index is 1.71. The van der Waals surface area contributed by atoms with Gasteiger partial charge in [0.05, 0.1) is 10.9 Å². The summed E-state index contributed by atoms with van der Waals surface area (Å²) in [7, 11) is 0. The molecule has 2 nitrogen and oxygen atoms in total. The third-order valence-electron chi connectivity index (χ3n) is 2.74. The molecule has 1 aliphatic rings. The van der Waals surface area contributed by atoms with Gasteiger partial charge in [-0.3, -0.25) is 0 Å². The molecule has 5 heteroatoms. The van der Waals surface area contributed by atoms with Crippen LogP contribution in [0.25, 0.3) is 0 Å². The summed E-state index contributed by atoms with van der Waals surface area (Å²) in [5, 5.41) is 7.32. The second-order valence-electron chi connectivity index (χ2n) is 4.01. The lowest BCUT2D eigenvalue weighted by Gasteiger charge is -2.15. The second-order valence-corrected chi connectivity index (χ2v) is 6.22. The van der Waals surface area contributed by atoms with Crippen molar-refractivity contribution >= 4 is 40.3 Å². The summed E-state index contributed by atoms with van der Waals surface area (Å²) in [5.74, 6) is 0. The first kappa shape index (κ1) is 12.1. The molecule has 1 heterocycles. The summed E-state index contributed by atoms with van der Waals surface area (Å²) in [6.07, 6.45) is 5.13. The summed E-state index contributed by atoms with van der Waals surface area (Å²) in [4.78, 5) is 1.21. The Morgan fingerprint density at radius 3 is 2.81 bits per heavy atom. The number of thiophene rings is 1.